The zero-order chi connectivity index (χ0) is 21.3. The summed E-state index contributed by atoms with van der Waals surface area (Å²) in [6.45, 7) is 3.53. The van der Waals surface area contributed by atoms with Gasteiger partial charge in [0.05, 0.1) is 17.7 Å². The van der Waals surface area contributed by atoms with Crippen molar-refractivity contribution >= 4 is 16.9 Å². The molecule has 3 N–H and O–H groups in total. The van der Waals surface area contributed by atoms with Crippen LogP contribution in [0.3, 0.4) is 0 Å². The Morgan fingerprint density at radius 3 is 2.40 bits per heavy atom. The molecule has 3 unspecified atom stereocenters. The van der Waals surface area contributed by atoms with Crippen molar-refractivity contribution in [3.8, 4) is 11.1 Å². The number of aromatic nitrogens is 1. The van der Waals surface area contributed by atoms with E-state index in [0.717, 1.165) is 40.6 Å². The molecule has 0 saturated heterocycles. The van der Waals surface area contributed by atoms with Crippen LogP contribution in [0.4, 0.5) is 0 Å². The molecule has 5 heteroatoms. The second-order valence-electron chi connectivity index (χ2n) is 7.87. The molecule has 0 amide bonds. The average molecular weight is 403 g/mol. The predicted octanol–water partition coefficient (Wildman–Crippen LogP) is 4.25. The summed E-state index contributed by atoms with van der Waals surface area (Å²) in [5.74, 6) is -2.15. The first-order valence-electron chi connectivity index (χ1n) is 10.2. The first-order chi connectivity index (χ1) is 14.5. The van der Waals surface area contributed by atoms with Gasteiger partial charge in [0.1, 0.15) is 5.92 Å². The van der Waals surface area contributed by atoms with E-state index in [1.165, 1.54) is 6.08 Å². The van der Waals surface area contributed by atoms with Crippen molar-refractivity contribution in [1.29, 1.82) is 0 Å². The van der Waals surface area contributed by atoms with Crippen molar-refractivity contribution < 1.29 is 20.1 Å². The van der Waals surface area contributed by atoms with E-state index < -0.39 is 24.1 Å². The minimum absolute atomic E-state index is 0.106. The molecule has 2 aromatic carbocycles. The molecule has 4 rings (SSSR count). The van der Waals surface area contributed by atoms with E-state index in [9.17, 15) is 20.1 Å². The van der Waals surface area contributed by atoms with Gasteiger partial charge in [-0.2, -0.15) is 0 Å². The first-order valence-corrected chi connectivity index (χ1v) is 10.2. The van der Waals surface area contributed by atoms with Crippen LogP contribution in [0, 0.1) is 0 Å². The van der Waals surface area contributed by atoms with E-state index in [1.807, 2.05) is 54.6 Å². The minimum Gasteiger partial charge on any atom is -0.481 e. The van der Waals surface area contributed by atoms with Gasteiger partial charge in [-0.05, 0) is 35.6 Å². The van der Waals surface area contributed by atoms with Gasteiger partial charge in [0, 0.05) is 23.4 Å². The molecule has 0 spiro atoms. The summed E-state index contributed by atoms with van der Waals surface area (Å²) in [6, 6.07) is 17.3. The standard InChI is InChI=1S/C25H25NO4/c1-2-17(27)14-20(28)22(25(29)30)23-21(15-8-4-3-5-9-15)18-10-6-7-11-19(18)26-24(23)16-12-13-16/h2-11,16-17,20,22,27-28H,1,12-14H2,(H,29,30). The van der Waals surface area contributed by atoms with Crippen LogP contribution in [-0.4, -0.2) is 38.5 Å². The molecular formula is C25H25NO4. The lowest BCUT2D eigenvalue weighted by atomic mass is 9.81. The topological polar surface area (TPSA) is 90.7 Å². The number of hydrogen-bond acceptors (Lipinski definition) is 4. The van der Waals surface area contributed by atoms with Gasteiger partial charge in [-0.1, -0.05) is 54.6 Å². The second-order valence-corrected chi connectivity index (χ2v) is 7.87. The quantitative estimate of drug-likeness (QED) is 0.489. The molecule has 30 heavy (non-hydrogen) atoms. The van der Waals surface area contributed by atoms with Crippen LogP contribution >= 0.6 is 0 Å². The van der Waals surface area contributed by atoms with Crippen molar-refractivity contribution in [3.05, 3.63) is 78.5 Å². The van der Waals surface area contributed by atoms with E-state index in [1.54, 1.807) is 0 Å². The lowest BCUT2D eigenvalue weighted by Gasteiger charge is -2.26. The van der Waals surface area contributed by atoms with E-state index in [-0.39, 0.29) is 12.3 Å². The molecule has 1 saturated carbocycles. The van der Waals surface area contributed by atoms with Crippen molar-refractivity contribution in [1.82, 2.24) is 4.98 Å². The first kappa shape index (κ1) is 20.3. The smallest absolute Gasteiger partial charge is 0.313 e. The largest absolute Gasteiger partial charge is 0.481 e. The van der Waals surface area contributed by atoms with Crippen molar-refractivity contribution in [2.24, 2.45) is 0 Å². The third kappa shape index (κ3) is 3.86. The number of carboxylic acids is 1. The Labute approximate surface area is 175 Å². The normalized spacial score (nSPS) is 16.7. The van der Waals surface area contributed by atoms with Crippen LogP contribution in [0.25, 0.3) is 22.0 Å². The maximum absolute atomic E-state index is 12.4. The van der Waals surface area contributed by atoms with E-state index in [0.29, 0.717) is 5.56 Å². The average Bonchev–Trinajstić information content (AvgIpc) is 3.58. The Hall–Kier alpha value is -3.02. The lowest BCUT2D eigenvalue weighted by Crippen LogP contribution is -2.31. The Morgan fingerprint density at radius 2 is 1.77 bits per heavy atom. The number of aliphatic hydroxyl groups excluding tert-OH is 2. The molecule has 1 aromatic heterocycles. The summed E-state index contributed by atoms with van der Waals surface area (Å²) in [5, 5.41) is 31.9. The van der Waals surface area contributed by atoms with Gasteiger partial charge in [-0.15, -0.1) is 6.58 Å². The fourth-order valence-corrected chi connectivity index (χ4v) is 4.10. The van der Waals surface area contributed by atoms with Gasteiger partial charge in [-0.3, -0.25) is 9.78 Å². The molecule has 3 atom stereocenters. The third-order valence-corrected chi connectivity index (χ3v) is 5.70. The van der Waals surface area contributed by atoms with Crippen LogP contribution in [0.2, 0.25) is 0 Å². The Morgan fingerprint density at radius 1 is 1.10 bits per heavy atom. The SMILES string of the molecule is C=CC(O)CC(O)C(C(=O)O)c1c(C2CC2)nc2ccccc2c1-c1ccccc1. The highest BCUT2D eigenvalue weighted by atomic mass is 16.4. The van der Waals surface area contributed by atoms with Crippen molar-refractivity contribution in [2.75, 3.05) is 0 Å². The maximum atomic E-state index is 12.4. The van der Waals surface area contributed by atoms with Crippen LogP contribution < -0.4 is 0 Å². The van der Waals surface area contributed by atoms with Gasteiger partial charge in [0.15, 0.2) is 0 Å². The summed E-state index contributed by atoms with van der Waals surface area (Å²) >= 11 is 0. The fourth-order valence-electron chi connectivity index (χ4n) is 4.10. The fraction of sp³-hybridized carbons (Fsp3) is 0.280. The number of hydrogen-bond donors (Lipinski definition) is 3. The molecule has 1 heterocycles. The van der Waals surface area contributed by atoms with Gasteiger partial charge < -0.3 is 15.3 Å². The summed E-state index contributed by atoms with van der Waals surface area (Å²) in [5.41, 5.74) is 3.79. The number of aliphatic hydroxyl groups is 2. The molecule has 0 radical (unpaired) electrons. The monoisotopic (exact) mass is 403 g/mol. The van der Waals surface area contributed by atoms with E-state index >= 15 is 0 Å². The summed E-state index contributed by atoms with van der Waals surface area (Å²) in [6.07, 6.45) is 0.833. The van der Waals surface area contributed by atoms with Gasteiger partial charge in [0.2, 0.25) is 0 Å². The number of pyridine rings is 1. The summed E-state index contributed by atoms with van der Waals surface area (Å²) < 4.78 is 0. The number of nitrogens with zero attached hydrogens (tertiary/aromatic N) is 1. The zero-order valence-electron chi connectivity index (χ0n) is 16.6. The molecule has 1 fully saturated rings. The van der Waals surface area contributed by atoms with E-state index in [4.69, 9.17) is 4.98 Å². The summed E-state index contributed by atoms with van der Waals surface area (Å²) in [7, 11) is 0. The minimum atomic E-state index is -1.28. The number of carbonyl (C=O) groups is 1. The highest BCUT2D eigenvalue weighted by Crippen LogP contribution is 2.48. The van der Waals surface area contributed by atoms with Crippen LogP contribution in [-0.2, 0) is 4.79 Å². The van der Waals surface area contributed by atoms with Crippen molar-refractivity contribution in [2.45, 2.75) is 43.3 Å². The predicted molar refractivity (Wildman–Crippen MR) is 116 cm³/mol. The molecule has 5 nitrogen and oxygen atoms in total. The molecular weight excluding hydrogens is 378 g/mol. The van der Waals surface area contributed by atoms with Crippen LogP contribution in [0.5, 0.6) is 0 Å². The maximum Gasteiger partial charge on any atom is 0.313 e. The Balaban J connectivity index is 2.02. The third-order valence-electron chi connectivity index (χ3n) is 5.70. The van der Waals surface area contributed by atoms with Crippen molar-refractivity contribution in [3.63, 3.8) is 0 Å². The Bertz CT molecular complexity index is 1080. The molecule has 0 aliphatic heterocycles. The van der Waals surface area contributed by atoms with Crippen LogP contribution in [0.15, 0.2) is 67.3 Å². The Kier molecular flexibility index (Phi) is 5.66. The lowest BCUT2D eigenvalue weighted by molar-refractivity contribution is -0.142. The highest BCUT2D eigenvalue weighted by Gasteiger charge is 2.39. The number of para-hydroxylation sites is 1. The van der Waals surface area contributed by atoms with E-state index in [2.05, 4.69) is 6.58 Å². The number of aliphatic carboxylic acids is 1. The molecule has 1 aliphatic rings. The molecule has 0 bridgehead atoms. The molecule has 3 aromatic rings. The zero-order valence-corrected chi connectivity index (χ0v) is 16.6. The van der Waals surface area contributed by atoms with Gasteiger partial charge in [-0.25, -0.2) is 0 Å². The number of carboxylic acid groups (broad SMARTS) is 1. The molecule has 1 aliphatic carbocycles. The summed E-state index contributed by atoms with van der Waals surface area (Å²) in [4.78, 5) is 17.3. The number of fused-ring (bicyclic) bond motifs is 1. The van der Waals surface area contributed by atoms with Gasteiger partial charge in [0.25, 0.3) is 0 Å². The second kappa shape index (κ2) is 8.38. The number of rotatable bonds is 8. The number of benzene rings is 2. The van der Waals surface area contributed by atoms with Gasteiger partial charge >= 0.3 is 5.97 Å². The highest BCUT2D eigenvalue weighted by molar-refractivity contribution is 5.99. The van der Waals surface area contributed by atoms with Crippen LogP contribution in [0.1, 0.15) is 42.4 Å². The molecule has 154 valence electrons.